The molecular weight excluding hydrogens is 413 g/mol. The van der Waals surface area contributed by atoms with Gasteiger partial charge >= 0.3 is 0 Å². The number of rotatable bonds is 7. The molecule has 33 heavy (non-hydrogen) atoms. The monoisotopic (exact) mass is 451 g/mol. The molecule has 0 aromatic heterocycles. The fourth-order valence-electron chi connectivity index (χ4n) is 4.75. The molecule has 178 valence electrons. The molecule has 0 unspecified atom stereocenters. The second kappa shape index (κ2) is 10.5. The van der Waals surface area contributed by atoms with E-state index in [1.807, 2.05) is 58.2 Å². The maximum absolute atomic E-state index is 14.8. The second-order valence-corrected chi connectivity index (χ2v) is 9.44. The third-order valence-electron chi connectivity index (χ3n) is 6.77. The predicted molar refractivity (Wildman–Crippen MR) is 135 cm³/mol. The maximum Gasteiger partial charge on any atom is 0.225 e. The number of aliphatic imine (C=N–C) groups is 1. The number of benzene rings is 1. The van der Waals surface area contributed by atoms with Gasteiger partial charge in [0.25, 0.3) is 0 Å². The highest BCUT2D eigenvalue weighted by Crippen LogP contribution is 2.46. The average molecular weight is 452 g/mol. The Labute approximate surface area is 198 Å². The van der Waals surface area contributed by atoms with Crippen LogP contribution in [-0.4, -0.2) is 46.6 Å². The quantitative estimate of drug-likeness (QED) is 0.364. The summed E-state index contributed by atoms with van der Waals surface area (Å²) in [5.41, 5.74) is 4.27. The Morgan fingerprint density at radius 2 is 1.91 bits per heavy atom. The molecule has 1 spiro atoms. The summed E-state index contributed by atoms with van der Waals surface area (Å²) in [6.07, 6.45) is 8.82. The number of hydrogen-bond acceptors (Lipinski definition) is 3. The van der Waals surface area contributed by atoms with Crippen molar-refractivity contribution in [3.63, 3.8) is 0 Å². The Morgan fingerprint density at radius 1 is 1.21 bits per heavy atom. The highest BCUT2D eigenvalue weighted by molar-refractivity contribution is 6.12. The number of hydrogen-bond donors (Lipinski definition) is 0. The van der Waals surface area contributed by atoms with Gasteiger partial charge < -0.3 is 9.80 Å². The van der Waals surface area contributed by atoms with Crippen LogP contribution in [-0.2, 0) is 4.79 Å². The van der Waals surface area contributed by atoms with Crippen molar-refractivity contribution < 1.29 is 9.18 Å². The standard InChI is InChI=1S/C28H38FN3O/c1-7-9-16-30-21(5)26(23(8-2)24-12-10-11-13-25(24)29)22(6)31-17-18-32(27(33)20(3)4)28(19-31)14-15-28/h8-13,16,20H,7,14-15,17-19H2,1-6H3/b16-9+,23-8-,26-22-,30-21+. The molecule has 3 rings (SSSR count). The van der Waals surface area contributed by atoms with Crippen LogP contribution < -0.4 is 0 Å². The molecule has 0 N–H and O–H groups in total. The number of halogens is 1. The molecule has 1 aromatic rings. The van der Waals surface area contributed by atoms with Crippen LogP contribution in [0.1, 0.15) is 66.4 Å². The summed E-state index contributed by atoms with van der Waals surface area (Å²) in [5, 5.41) is 0. The van der Waals surface area contributed by atoms with Gasteiger partial charge in [0.05, 0.1) is 5.54 Å². The van der Waals surface area contributed by atoms with Crippen LogP contribution in [0.3, 0.4) is 0 Å². The molecule has 1 amide bonds. The molecule has 1 heterocycles. The molecule has 1 aromatic carbocycles. The first kappa shape index (κ1) is 24.9. The Bertz CT molecular complexity index is 998. The van der Waals surface area contributed by atoms with Crippen molar-refractivity contribution in [2.24, 2.45) is 10.9 Å². The summed E-state index contributed by atoms with van der Waals surface area (Å²) in [7, 11) is 0. The van der Waals surface area contributed by atoms with Gasteiger partial charge in [0.15, 0.2) is 0 Å². The van der Waals surface area contributed by atoms with Gasteiger partial charge in [-0.2, -0.15) is 0 Å². The lowest BCUT2D eigenvalue weighted by atomic mass is 9.91. The van der Waals surface area contributed by atoms with Gasteiger partial charge in [-0.3, -0.25) is 9.79 Å². The highest BCUT2D eigenvalue weighted by Gasteiger charge is 2.53. The zero-order chi connectivity index (χ0) is 24.2. The number of amides is 1. The first-order valence-electron chi connectivity index (χ1n) is 12.1. The Morgan fingerprint density at radius 3 is 2.48 bits per heavy atom. The fourth-order valence-corrected chi connectivity index (χ4v) is 4.75. The number of piperazine rings is 1. The molecule has 0 atom stereocenters. The molecule has 1 aliphatic carbocycles. The zero-order valence-electron chi connectivity index (χ0n) is 21.0. The summed E-state index contributed by atoms with van der Waals surface area (Å²) in [6, 6.07) is 6.92. The van der Waals surface area contributed by atoms with Crippen LogP contribution in [0.2, 0.25) is 0 Å². The van der Waals surface area contributed by atoms with E-state index < -0.39 is 0 Å². The van der Waals surface area contributed by atoms with E-state index in [4.69, 9.17) is 4.99 Å². The molecule has 0 bridgehead atoms. The molecule has 1 aliphatic heterocycles. The molecular formula is C28H38FN3O. The molecule has 1 saturated carbocycles. The van der Waals surface area contributed by atoms with E-state index in [1.165, 1.54) is 6.07 Å². The van der Waals surface area contributed by atoms with Gasteiger partial charge in [0.2, 0.25) is 5.91 Å². The van der Waals surface area contributed by atoms with E-state index in [0.29, 0.717) is 5.56 Å². The van der Waals surface area contributed by atoms with Gasteiger partial charge in [-0.15, -0.1) is 0 Å². The van der Waals surface area contributed by atoms with Crippen molar-refractivity contribution in [1.29, 1.82) is 0 Å². The van der Waals surface area contributed by atoms with E-state index in [-0.39, 0.29) is 23.2 Å². The van der Waals surface area contributed by atoms with Crippen LogP contribution in [0, 0.1) is 11.7 Å². The smallest absolute Gasteiger partial charge is 0.225 e. The Hall–Kier alpha value is -2.69. The number of carbonyl (C=O) groups is 1. The number of carbonyl (C=O) groups excluding carboxylic acids is 1. The molecule has 4 nitrogen and oxygen atoms in total. The maximum atomic E-state index is 14.8. The number of allylic oxidation sites excluding steroid dienone is 5. The third-order valence-corrected chi connectivity index (χ3v) is 6.77. The first-order valence-corrected chi connectivity index (χ1v) is 12.1. The third kappa shape index (κ3) is 5.29. The number of nitrogens with zero attached hydrogens (tertiary/aromatic N) is 3. The fraction of sp³-hybridized carbons (Fsp3) is 0.500. The second-order valence-electron chi connectivity index (χ2n) is 9.44. The summed E-state index contributed by atoms with van der Waals surface area (Å²) in [6.45, 7) is 14.4. The van der Waals surface area contributed by atoms with Crippen LogP contribution in [0.5, 0.6) is 0 Å². The van der Waals surface area contributed by atoms with Crippen molar-refractivity contribution >= 4 is 17.2 Å². The van der Waals surface area contributed by atoms with Gasteiger partial charge in [-0.25, -0.2) is 4.39 Å². The van der Waals surface area contributed by atoms with Gasteiger partial charge in [0, 0.05) is 54.3 Å². The lowest BCUT2D eigenvalue weighted by Crippen LogP contribution is -2.57. The molecule has 0 radical (unpaired) electrons. The van der Waals surface area contributed by atoms with E-state index in [0.717, 1.165) is 61.5 Å². The molecule has 5 heteroatoms. The topological polar surface area (TPSA) is 35.9 Å². The predicted octanol–water partition coefficient (Wildman–Crippen LogP) is 6.22. The summed E-state index contributed by atoms with van der Waals surface area (Å²) >= 11 is 0. The zero-order valence-corrected chi connectivity index (χ0v) is 21.0. The summed E-state index contributed by atoms with van der Waals surface area (Å²) in [5.74, 6) is 0.0207. The van der Waals surface area contributed by atoms with Gasteiger partial charge in [-0.1, -0.05) is 51.1 Å². The Balaban J connectivity index is 2.04. The average Bonchev–Trinajstić information content (AvgIpc) is 3.56. The summed E-state index contributed by atoms with van der Waals surface area (Å²) in [4.78, 5) is 22.0. The van der Waals surface area contributed by atoms with Gasteiger partial charge in [0.1, 0.15) is 5.82 Å². The van der Waals surface area contributed by atoms with Crippen LogP contribution in [0.25, 0.3) is 5.57 Å². The SMILES string of the molecule is C\C=C(C(/C(C)=N/C=C/CC)=C(/C)N1CCN(C(=O)C(C)C)C2(CC2)C1)\c1ccccc1F. The van der Waals surface area contributed by atoms with Crippen molar-refractivity contribution in [3.05, 3.63) is 65.3 Å². The largest absolute Gasteiger partial charge is 0.370 e. The normalized spacial score (nSPS) is 19.5. The molecule has 1 saturated heterocycles. The van der Waals surface area contributed by atoms with E-state index in [2.05, 4.69) is 23.6 Å². The van der Waals surface area contributed by atoms with Crippen molar-refractivity contribution in [3.8, 4) is 0 Å². The van der Waals surface area contributed by atoms with Crippen LogP contribution >= 0.6 is 0 Å². The minimum absolute atomic E-state index is 0.0108. The summed E-state index contributed by atoms with van der Waals surface area (Å²) < 4.78 is 14.8. The van der Waals surface area contributed by atoms with Gasteiger partial charge in [-0.05, 0) is 51.7 Å². The lowest BCUT2D eigenvalue weighted by Gasteiger charge is -2.45. The van der Waals surface area contributed by atoms with Crippen molar-refractivity contribution in [2.45, 2.75) is 66.3 Å². The van der Waals surface area contributed by atoms with Crippen molar-refractivity contribution in [1.82, 2.24) is 9.80 Å². The van der Waals surface area contributed by atoms with E-state index in [9.17, 15) is 9.18 Å². The van der Waals surface area contributed by atoms with Crippen LogP contribution in [0.15, 0.2) is 58.9 Å². The first-order chi connectivity index (χ1) is 15.8. The van der Waals surface area contributed by atoms with Crippen LogP contribution in [0.4, 0.5) is 4.39 Å². The molecule has 2 aliphatic rings. The lowest BCUT2D eigenvalue weighted by molar-refractivity contribution is -0.140. The minimum Gasteiger partial charge on any atom is -0.370 e. The van der Waals surface area contributed by atoms with E-state index >= 15 is 0 Å². The highest BCUT2D eigenvalue weighted by atomic mass is 19.1. The van der Waals surface area contributed by atoms with E-state index in [1.54, 1.807) is 6.07 Å². The minimum atomic E-state index is -0.237. The molecule has 2 fully saturated rings. The Kier molecular flexibility index (Phi) is 7.93. The van der Waals surface area contributed by atoms with Crippen molar-refractivity contribution in [2.75, 3.05) is 19.6 Å².